The van der Waals surface area contributed by atoms with Gasteiger partial charge in [0.1, 0.15) is 5.82 Å². The van der Waals surface area contributed by atoms with E-state index in [4.69, 9.17) is 10.2 Å². The van der Waals surface area contributed by atoms with Crippen molar-refractivity contribution < 1.29 is 8.81 Å². The highest BCUT2D eigenvalue weighted by Crippen LogP contribution is 2.22. The van der Waals surface area contributed by atoms with Gasteiger partial charge < -0.3 is 14.7 Å². The predicted molar refractivity (Wildman–Crippen MR) is 66.7 cm³/mol. The fourth-order valence-electron chi connectivity index (χ4n) is 2.00. The number of imidazole rings is 1. The lowest BCUT2D eigenvalue weighted by molar-refractivity contribution is 0.562. The summed E-state index contributed by atoms with van der Waals surface area (Å²) in [5, 5.41) is 0. The van der Waals surface area contributed by atoms with Crippen molar-refractivity contribution in [2.24, 2.45) is 0 Å². The Morgan fingerprint density at radius 1 is 1.44 bits per heavy atom. The van der Waals surface area contributed by atoms with Crippen molar-refractivity contribution >= 4 is 17.0 Å². The molecular weight excluding hydrogens is 233 g/mol. The van der Waals surface area contributed by atoms with Crippen molar-refractivity contribution in [3.63, 3.8) is 0 Å². The molecule has 2 aromatic heterocycles. The first-order valence-corrected chi connectivity index (χ1v) is 5.58. The van der Waals surface area contributed by atoms with E-state index in [9.17, 15) is 4.39 Å². The first-order chi connectivity index (χ1) is 8.65. The lowest BCUT2D eigenvalue weighted by Gasteiger charge is -2.05. The molecule has 3 rings (SSSR count). The van der Waals surface area contributed by atoms with E-state index in [-0.39, 0.29) is 5.82 Å². The Morgan fingerprint density at radius 2 is 2.28 bits per heavy atom. The summed E-state index contributed by atoms with van der Waals surface area (Å²) in [5.41, 5.74) is 8.83. The molecule has 2 N–H and O–H groups in total. The standard InChI is InChI=1S/C13H12FN3O/c1-8-4-12-11(5-10(8)14)16-13(15)17(12)6-9-2-3-18-7-9/h2-5,7H,6H2,1H3,(H2,15,16). The summed E-state index contributed by atoms with van der Waals surface area (Å²) in [6.45, 7) is 2.28. The number of anilines is 1. The Hall–Kier alpha value is -2.30. The molecule has 0 aliphatic heterocycles. The molecule has 0 unspecified atom stereocenters. The van der Waals surface area contributed by atoms with Crippen molar-refractivity contribution in [2.45, 2.75) is 13.5 Å². The lowest BCUT2D eigenvalue weighted by Crippen LogP contribution is -2.03. The van der Waals surface area contributed by atoms with Gasteiger partial charge in [-0.25, -0.2) is 9.37 Å². The molecule has 0 saturated carbocycles. The SMILES string of the molecule is Cc1cc2c(cc1F)nc(N)n2Cc1ccoc1. The van der Waals surface area contributed by atoms with Crippen LogP contribution in [0.3, 0.4) is 0 Å². The summed E-state index contributed by atoms with van der Waals surface area (Å²) in [7, 11) is 0. The first kappa shape index (κ1) is 10.8. The topological polar surface area (TPSA) is 57.0 Å². The highest BCUT2D eigenvalue weighted by Gasteiger charge is 2.11. The Kier molecular flexibility index (Phi) is 2.33. The summed E-state index contributed by atoms with van der Waals surface area (Å²) >= 11 is 0. The maximum Gasteiger partial charge on any atom is 0.201 e. The van der Waals surface area contributed by atoms with Crippen molar-refractivity contribution in [3.8, 4) is 0 Å². The van der Waals surface area contributed by atoms with Gasteiger partial charge in [0, 0.05) is 11.6 Å². The minimum Gasteiger partial charge on any atom is -0.472 e. The molecule has 0 atom stereocenters. The van der Waals surface area contributed by atoms with Crippen LogP contribution in [0.4, 0.5) is 10.3 Å². The third kappa shape index (κ3) is 1.64. The minimum atomic E-state index is -0.268. The zero-order valence-electron chi connectivity index (χ0n) is 9.85. The van der Waals surface area contributed by atoms with E-state index in [1.807, 2.05) is 10.6 Å². The average Bonchev–Trinajstić information content (AvgIpc) is 2.92. The zero-order valence-corrected chi connectivity index (χ0v) is 9.85. The molecular formula is C13H12FN3O. The first-order valence-electron chi connectivity index (χ1n) is 5.58. The van der Waals surface area contributed by atoms with Gasteiger partial charge in [-0.2, -0.15) is 0 Å². The van der Waals surface area contributed by atoms with E-state index >= 15 is 0 Å². The molecule has 5 heteroatoms. The third-order valence-corrected chi connectivity index (χ3v) is 2.98. The van der Waals surface area contributed by atoms with Gasteiger partial charge in [0.25, 0.3) is 0 Å². The normalized spacial score (nSPS) is 11.2. The van der Waals surface area contributed by atoms with Crippen LogP contribution < -0.4 is 5.73 Å². The van der Waals surface area contributed by atoms with Gasteiger partial charge in [0.2, 0.25) is 5.95 Å². The van der Waals surface area contributed by atoms with Crippen LogP contribution in [0, 0.1) is 12.7 Å². The van der Waals surface area contributed by atoms with Gasteiger partial charge in [-0.15, -0.1) is 0 Å². The van der Waals surface area contributed by atoms with Crippen LogP contribution in [0.15, 0.2) is 35.1 Å². The van der Waals surface area contributed by atoms with Crippen molar-refractivity contribution in [1.82, 2.24) is 9.55 Å². The number of aromatic nitrogens is 2. The van der Waals surface area contributed by atoms with Gasteiger partial charge in [-0.3, -0.25) is 0 Å². The number of furan rings is 1. The molecule has 0 fully saturated rings. The summed E-state index contributed by atoms with van der Waals surface area (Å²) < 4.78 is 20.3. The monoisotopic (exact) mass is 245 g/mol. The van der Waals surface area contributed by atoms with Crippen LogP contribution >= 0.6 is 0 Å². The van der Waals surface area contributed by atoms with Crippen molar-refractivity contribution in [3.05, 3.63) is 47.7 Å². The van der Waals surface area contributed by atoms with Gasteiger partial charge >= 0.3 is 0 Å². The number of halogens is 1. The second kappa shape index (κ2) is 3.87. The Morgan fingerprint density at radius 3 is 3.00 bits per heavy atom. The molecule has 4 nitrogen and oxygen atoms in total. The van der Waals surface area contributed by atoms with Gasteiger partial charge in [-0.05, 0) is 24.6 Å². The minimum absolute atomic E-state index is 0.268. The molecule has 0 aliphatic rings. The number of hydrogen-bond acceptors (Lipinski definition) is 3. The summed E-state index contributed by atoms with van der Waals surface area (Å²) in [4.78, 5) is 4.17. The number of aryl methyl sites for hydroxylation is 1. The van der Waals surface area contributed by atoms with Gasteiger partial charge in [0.15, 0.2) is 0 Å². The highest BCUT2D eigenvalue weighted by molar-refractivity contribution is 5.79. The number of fused-ring (bicyclic) bond motifs is 1. The number of rotatable bonds is 2. The van der Waals surface area contributed by atoms with E-state index in [0.717, 1.165) is 11.1 Å². The van der Waals surface area contributed by atoms with E-state index in [1.54, 1.807) is 25.5 Å². The summed E-state index contributed by atoms with van der Waals surface area (Å²) in [5.74, 6) is 0.103. The van der Waals surface area contributed by atoms with Gasteiger partial charge in [-0.1, -0.05) is 0 Å². The maximum absolute atomic E-state index is 13.5. The molecule has 92 valence electrons. The third-order valence-electron chi connectivity index (χ3n) is 2.98. The highest BCUT2D eigenvalue weighted by atomic mass is 19.1. The van der Waals surface area contributed by atoms with Crippen molar-refractivity contribution in [1.29, 1.82) is 0 Å². The molecule has 0 amide bonds. The second-order valence-corrected chi connectivity index (χ2v) is 4.28. The van der Waals surface area contributed by atoms with E-state index in [1.165, 1.54) is 6.07 Å². The molecule has 18 heavy (non-hydrogen) atoms. The number of nitrogens with zero attached hydrogens (tertiary/aromatic N) is 2. The lowest BCUT2D eigenvalue weighted by atomic mass is 10.2. The molecule has 1 aromatic carbocycles. The van der Waals surface area contributed by atoms with Crippen LogP contribution in [0.25, 0.3) is 11.0 Å². The summed E-state index contributed by atoms with van der Waals surface area (Å²) in [6.07, 6.45) is 3.26. The van der Waals surface area contributed by atoms with Crippen LogP contribution in [0.2, 0.25) is 0 Å². The van der Waals surface area contributed by atoms with Crippen LogP contribution in [-0.2, 0) is 6.54 Å². The van der Waals surface area contributed by atoms with E-state index < -0.39 is 0 Å². The van der Waals surface area contributed by atoms with Crippen LogP contribution in [0.1, 0.15) is 11.1 Å². The smallest absolute Gasteiger partial charge is 0.201 e. The number of benzene rings is 1. The molecule has 3 aromatic rings. The molecule has 2 heterocycles. The van der Waals surface area contributed by atoms with Crippen LogP contribution in [-0.4, -0.2) is 9.55 Å². The second-order valence-electron chi connectivity index (χ2n) is 4.28. The maximum atomic E-state index is 13.5. The summed E-state index contributed by atoms with van der Waals surface area (Å²) in [6, 6.07) is 5.03. The number of nitrogens with two attached hydrogens (primary N) is 1. The average molecular weight is 245 g/mol. The number of hydrogen-bond donors (Lipinski definition) is 1. The van der Waals surface area contributed by atoms with E-state index in [0.29, 0.717) is 23.6 Å². The molecule has 0 bridgehead atoms. The fraction of sp³-hybridized carbons (Fsp3) is 0.154. The predicted octanol–water partition coefficient (Wildman–Crippen LogP) is 2.71. The van der Waals surface area contributed by atoms with Crippen LogP contribution in [0.5, 0.6) is 0 Å². The number of nitrogen functional groups attached to an aromatic ring is 1. The van der Waals surface area contributed by atoms with Crippen molar-refractivity contribution in [2.75, 3.05) is 5.73 Å². The van der Waals surface area contributed by atoms with Gasteiger partial charge in [0.05, 0.1) is 30.1 Å². The fourth-order valence-corrected chi connectivity index (χ4v) is 2.00. The molecule has 0 aliphatic carbocycles. The largest absolute Gasteiger partial charge is 0.472 e. The molecule has 0 spiro atoms. The Bertz CT molecular complexity index is 701. The Balaban J connectivity index is 2.16. The molecule has 0 saturated heterocycles. The molecule has 0 radical (unpaired) electrons. The zero-order chi connectivity index (χ0) is 12.7. The quantitative estimate of drug-likeness (QED) is 0.755. The Labute approximate surface area is 103 Å². The van der Waals surface area contributed by atoms with E-state index in [2.05, 4.69) is 4.98 Å².